The van der Waals surface area contributed by atoms with Gasteiger partial charge in [-0.25, -0.2) is 9.97 Å². The summed E-state index contributed by atoms with van der Waals surface area (Å²) in [7, 11) is 0. The first kappa shape index (κ1) is 7.50. The van der Waals surface area contributed by atoms with E-state index in [0.29, 0.717) is 0 Å². The third kappa shape index (κ3) is 1.68. The Hall–Kier alpha value is -0.610. The number of hydrogen-bond donors (Lipinski definition) is 1. The van der Waals surface area contributed by atoms with Crippen molar-refractivity contribution in [1.82, 2.24) is 9.97 Å². The predicted octanol–water partition coefficient (Wildman–Crippen LogP) is 1.20. The van der Waals surface area contributed by atoms with Crippen LogP contribution in [-0.4, -0.2) is 15.1 Å². The Bertz CT molecular complexity index is 266. The van der Waals surface area contributed by atoms with Crippen LogP contribution in [-0.2, 0) is 0 Å². The van der Waals surface area contributed by atoms with E-state index in [9.17, 15) is 4.79 Å². The van der Waals surface area contributed by atoms with Crippen molar-refractivity contribution in [2.45, 2.75) is 0 Å². The molecule has 10 heavy (non-hydrogen) atoms. The minimum absolute atomic E-state index is 0.211. The number of thiol groups is 1. The van der Waals surface area contributed by atoms with Gasteiger partial charge in [-0.3, -0.25) is 4.79 Å². The van der Waals surface area contributed by atoms with Gasteiger partial charge in [-0.15, -0.1) is 0 Å². The van der Waals surface area contributed by atoms with Gasteiger partial charge in [0, 0.05) is 6.07 Å². The van der Waals surface area contributed by atoms with Crippen molar-refractivity contribution in [1.29, 1.82) is 0 Å². The Balaban J connectivity index is 3.07. The van der Waals surface area contributed by atoms with Gasteiger partial charge in [-0.05, 0) is 0 Å². The van der Waals surface area contributed by atoms with Crippen LogP contribution in [0.25, 0.3) is 0 Å². The van der Waals surface area contributed by atoms with Gasteiger partial charge in [0.05, 0.1) is 0 Å². The highest BCUT2D eigenvalue weighted by molar-refractivity contribution is 7.97. The average molecular weight is 175 g/mol. The van der Waals surface area contributed by atoms with Gasteiger partial charge in [0.25, 0.3) is 0 Å². The van der Waals surface area contributed by atoms with Gasteiger partial charge in [-0.2, -0.15) is 0 Å². The second-order valence-electron chi connectivity index (χ2n) is 1.53. The van der Waals surface area contributed by atoms with E-state index in [1.54, 1.807) is 0 Å². The molecule has 0 aromatic carbocycles. The fourth-order valence-electron chi connectivity index (χ4n) is 0.451. The molecule has 0 N–H and O–H groups in total. The lowest BCUT2D eigenvalue weighted by molar-refractivity contribution is 0.108. The fraction of sp³-hybridized carbons (Fsp3) is 0. The first-order valence-electron chi connectivity index (χ1n) is 2.41. The topological polar surface area (TPSA) is 42.9 Å². The molecule has 0 amide bonds. The summed E-state index contributed by atoms with van der Waals surface area (Å²) < 4.78 is 0. The zero-order valence-electron chi connectivity index (χ0n) is 4.78. The van der Waals surface area contributed by atoms with Crippen LogP contribution in [0.1, 0.15) is 10.5 Å². The van der Waals surface area contributed by atoms with E-state index in [2.05, 4.69) is 22.6 Å². The van der Waals surface area contributed by atoms with Gasteiger partial charge in [0.2, 0.25) is 5.12 Å². The first-order valence-corrected chi connectivity index (χ1v) is 3.23. The van der Waals surface area contributed by atoms with Crippen LogP contribution in [0.15, 0.2) is 12.4 Å². The van der Waals surface area contributed by atoms with Crippen molar-refractivity contribution < 1.29 is 4.79 Å². The maximum Gasteiger partial charge on any atom is 0.234 e. The Morgan fingerprint density at radius 1 is 1.60 bits per heavy atom. The SMILES string of the molecule is O=C(S)c1cc(Cl)ncn1. The first-order chi connectivity index (χ1) is 4.70. The molecule has 0 bridgehead atoms. The van der Waals surface area contributed by atoms with Crippen molar-refractivity contribution in [3.63, 3.8) is 0 Å². The molecule has 0 fully saturated rings. The van der Waals surface area contributed by atoms with Gasteiger partial charge in [-0.1, -0.05) is 24.2 Å². The predicted molar refractivity (Wildman–Crippen MR) is 40.4 cm³/mol. The molecular weight excluding hydrogens is 172 g/mol. The average Bonchev–Trinajstić information content (AvgIpc) is 1.88. The van der Waals surface area contributed by atoms with Gasteiger partial charge in [0.15, 0.2) is 0 Å². The van der Waals surface area contributed by atoms with E-state index in [0.717, 1.165) is 0 Å². The maximum atomic E-state index is 10.5. The lowest BCUT2D eigenvalue weighted by Crippen LogP contribution is -1.93. The molecule has 52 valence electrons. The van der Waals surface area contributed by atoms with Gasteiger partial charge < -0.3 is 0 Å². The van der Waals surface area contributed by atoms with Gasteiger partial charge >= 0.3 is 0 Å². The van der Waals surface area contributed by atoms with Gasteiger partial charge in [0.1, 0.15) is 17.2 Å². The summed E-state index contributed by atoms with van der Waals surface area (Å²) in [4.78, 5) is 17.7. The zero-order chi connectivity index (χ0) is 7.56. The number of nitrogens with zero attached hydrogens (tertiary/aromatic N) is 2. The summed E-state index contributed by atoms with van der Waals surface area (Å²) in [5, 5.41) is -0.170. The quantitative estimate of drug-likeness (QED) is 0.514. The second kappa shape index (κ2) is 2.98. The Labute approximate surface area is 67.9 Å². The highest BCUT2D eigenvalue weighted by atomic mass is 35.5. The Morgan fingerprint density at radius 2 is 2.30 bits per heavy atom. The third-order valence-electron chi connectivity index (χ3n) is 0.853. The molecule has 0 aliphatic carbocycles. The molecule has 1 aromatic rings. The summed E-state index contributed by atoms with van der Waals surface area (Å²) in [5.41, 5.74) is 0.211. The zero-order valence-corrected chi connectivity index (χ0v) is 6.43. The fourth-order valence-corrected chi connectivity index (χ4v) is 0.720. The summed E-state index contributed by atoms with van der Waals surface area (Å²) >= 11 is 9.00. The molecule has 1 rings (SSSR count). The van der Waals surface area contributed by atoms with E-state index in [1.807, 2.05) is 0 Å². The third-order valence-corrected chi connectivity index (χ3v) is 1.29. The normalized spacial score (nSPS) is 9.40. The molecule has 0 aliphatic rings. The molecule has 0 unspecified atom stereocenters. The summed E-state index contributed by atoms with van der Waals surface area (Å²) in [6.45, 7) is 0. The molecule has 0 atom stereocenters. The minimum Gasteiger partial charge on any atom is -0.280 e. The minimum atomic E-state index is -0.413. The molecule has 0 spiro atoms. The van der Waals surface area contributed by atoms with Crippen LogP contribution < -0.4 is 0 Å². The highest BCUT2D eigenvalue weighted by Crippen LogP contribution is 2.05. The number of hydrogen-bond acceptors (Lipinski definition) is 3. The second-order valence-corrected chi connectivity index (χ2v) is 2.32. The van der Waals surface area contributed by atoms with E-state index in [4.69, 9.17) is 11.6 Å². The summed E-state index contributed by atoms with van der Waals surface area (Å²) in [6.07, 6.45) is 1.21. The largest absolute Gasteiger partial charge is 0.280 e. The van der Waals surface area contributed by atoms with Crippen molar-refractivity contribution in [2.75, 3.05) is 0 Å². The van der Waals surface area contributed by atoms with Crippen molar-refractivity contribution in [3.8, 4) is 0 Å². The van der Waals surface area contributed by atoms with E-state index < -0.39 is 5.12 Å². The molecule has 1 aromatic heterocycles. The van der Waals surface area contributed by atoms with Crippen molar-refractivity contribution >= 4 is 29.3 Å². The lowest BCUT2D eigenvalue weighted by atomic mass is 10.4. The van der Waals surface area contributed by atoms with Crippen LogP contribution in [0.5, 0.6) is 0 Å². The van der Waals surface area contributed by atoms with E-state index >= 15 is 0 Å². The maximum absolute atomic E-state index is 10.5. The summed E-state index contributed by atoms with van der Waals surface area (Å²) in [5.74, 6) is 0. The van der Waals surface area contributed by atoms with E-state index in [1.165, 1.54) is 12.4 Å². The molecule has 0 radical (unpaired) electrons. The number of rotatable bonds is 1. The number of carbonyl (C=O) groups excluding carboxylic acids is 1. The van der Waals surface area contributed by atoms with Crippen LogP contribution in [0.4, 0.5) is 0 Å². The number of carbonyl (C=O) groups is 1. The van der Waals surface area contributed by atoms with Crippen molar-refractivity contribution in [3.05, 3.63) is 23.2 Å². The summed E-state index contributed by atoms with van der Waals surface area (Å²) in [6, 6.07) is 1.36. The number of halogens is 1. The standard InChI is InChI=1S/C5H3ClN2OS/c6-4-1-3(5(9)10)7-2-8-4/h1-2H,(H,9,10). The lowest BCUT2D eigenvalue weighted by Gasteiger charge is -1.90. The van der Waals surface area contributed by atoms with Crippen LogP contribution in [0.2, 0.25) is 5.15 Å². The molecule has 3 nitrogen and oxygen atoms in total. The van der Waals surface area contributed by atoms with E-state index in [-0.39, 0.29) is 10.8 Å². The molecule has 0 aliphatic heterocycles. The monoisotopic (exact) mass is 174 g/mol. The number of aromatic nitrogens is 2. The molecule has 0 saturated heterocycles. The molecule has 5 heteroatoms. The highest BCUT2D eigenvalue weighted by Gasteiger charge is 2.01. The Kier molecular flexibility index (Phi) is 2.24. The smallest absolute Gasteiger partial charge is 0.234 e. The molecule has 1 heterocycles. The van der Waals surface area contributed by atoms with Crippen LogP contribution in [0.3, 0.4) is 0 Å². The van der Waals surface area contributed by atoms with Crippen LogP contribution in [0, 0.1) is 0 Å². The van der Waals surface area contributed by atoms with Crippen LogP contribution >= 0.6 is 24.2 Å². The molecule has 0 saturated carbocycles. The Morgan fingerprint density at radius 3 is 2.70 bits per heavy atom. The molecular formula is C5H3ClN2OS. The van der Waals surface area contributed by atoms with Crippen molar-refractivity contribution in [2.24, 2.45) is 0 Å².